The molecule has 2 rings (SSSR count). The van der Waals surface area contributed by atoms with E-state index in [9.17, 15) is 9.18 Å². The molecular weight excluding hydrogens is 306 g/mol. The minimum Gasteiger partial charge on any atom is -0.319 e. The second-order valence-corrected chi connectivity index (χ2v) is 4.59. The molecule has 8 heteroatoms. The number of carbonyl (C=O) groups is 1. The molecular formula is C12H9Cl2FN4O. The SMILES string of the molecule is NNc1ccc(C(=O)Nc2c(Cl)cc(F)cc2Cl)cn1. The van der Waals surface area contributed by atoms with Crippen LogP contribution in [0.15, 0.2) is 30.5 Å². The van der Waals surface area contributed by atoms with Crippen molar-refractivity contribution in [3.63, 3.8) is 0 Å². The van der Waals surface area contributed by atoms with Crippen molar-refractivity contribution in [2.24, 2.45) is 5.84 Å². The first-order valence-corrected chi connectivity index (χ1v) is 6.15. The second kappa shape index (κ2) is 6.04. The van der Waals surface area contributed by atoms with Crippen molar-refractivity contribution in [3.8, 4) is 0 Å². The summed E-state index contributed by atoms with van der Waals surface area (Å²) in [4.78, 5) is 15.9. The fourth-order valence-corrected chi connectivity index (χ4v) is 2.02. The van der Waals surface area contributed by atoms with Crippen molar-refractivity contribution in [2.45, 2.75) is 0 Å². The predicted molar refractivity (Wildman–Crippen MR) is 76.4 cm³/mol. The number of nitrogen functional groups attached to an aromatic ring is 1. The van der Waals surface area contributed by atoms with E-state index in [1.54, 1.807) is 0 Å². The highest BCUT2D eigenvalue weighted by molar-refractivity contribution is 6.40. The van der Waals surface area contributed by atoms with Gasteiger partial charge in [0.2, 0.25) is 0 Å². The van der Waals surface area contributed by atoms with Gasteiger partial charge in [-0.05, 0) is 24.3 Å². The number of amides is 1. The predicted octanol–water partition coefficient (Wildman–Crippen LogP) is 3.07. The quantitative estimate of drug-likeness (QED) is 0.601. The summed E-state index contributed by atoms with van der Waals surface area (Å²) >= 11 is 11.7. The molecule has 0 unspecified atom stereocenters. The van der Waals surface area contributed by atoms with E-state index in [4.69, 9.17) is 29.0 Å². The van der Waals surface area contributed by atoms with Gasteiger partial charge >= 0.3 is 0 Å². The Morgan fingerprint density at radius 2 is 1.90 bits per heavy atom. The number of benzene rings is 1. The first-order chi connectivity index (χ1) is 9.51. The number of carbonyl (C=O) groups excluding carboxylic acids is 1. The van der Waals surface area contributed by atoms with E-state index < -0.39 is 11.7 Å². The Bertz CT molecular complexity index is 625. The van der Waals surface area contributed by atoms with Crippen LogP contribution in [0.4, 0.5) is 15.9 Å². The lowest BCUT2D eigenvalue weighted by molar-refractivity contribution is 0.102. The monoisotopic (exact) mass is 314 g/mol. The van der Waals surface area contributed by atoms with E-state index in [1.165, 1.54) is 18.3 Å². The van der Waals surface area contributed by atoms with Crippen LogP contribution in [-0.4, -0.2) is 10.9 Å². The van der Waals surface area contributed by atoms with Gasteiger partial charge in [-0.25, -0.2) is 15.2 Å². The lowest BCUT2D eigenvalue weighted by Crippen LogP contribution is -2.14. The average molecular weight is 315 g/mol. The van der Waals surface area contributed by atoms with Gasteiger partial charge in [0.25, 0.3) is 5.91 Å². The first-order valence-electron chi connectivity index (χ1n) is 5.40. The molecule has 4 N–H and O–H groups in total. The Balaban J connectivity index is 2.23. The summed E-state index contributed by atoms with van der Waals surface area (Å²) in [6, 6.07) is 5.16. The molecule has 1 aromatic heterocycles. The Hall–Kier alpha value is -1.89. The molecule has 104 valence electrons. The molecule has 0 radical (unpaired) electrons. The molecule has 0 aliphatic carbocycles. The van der Waals surface area contributed by atoms with Crippen molar-refractivity contribution in [1.82, 2.24) is 4.98 Å². The highest BCUT2D eigenvalue weighted by atomic mass is 35.5. The third-order valence-electron chi connectivity index (χ3n) is 2.42. The van der Waals surface area contributed by atoms with Crippen LogP contribution in [0.25, 0.3) is 0 Å². The molecule has 0 spiro atoms. The molecule has 2 aromatic rings. The number of anilines is 2. The maximum Gasteiger partial charge on any atom is 0.257 e. The van der Waals surface area contributed by atoms with E-state index in [0.29, 0.717) is 5.82 Å². The van der Waals surface area contributed by atoms with Crippen LogP contribution < -0.4 is 16.6 Å². The van der Waals surface area contributed by atoms with Crippen LogP contribution in [-0.2, 0) is 0 Å². The van der Waals surface area contributed by atoms with E-state index in [1.807, 2.05) is 0 Å². The third-order valence-corrected chi connectivity index (χ3v) is 3.02. The summed E-state index contributed by atoms with van der Waals surface area (Å²) in [7, 11) is 0. The third kappa shape index (κ3) is 3.16. The van der Waals surface area contributed by atoms with Crippen LogP contribution in [0.2, 0.25) is 10.0 Å². The lowest BCUT2D eigenvalue weighted by atomic mass is 10.2. The number of pyridine rings is 1. The van der Waals surface area contributed by atoms with Crippen molar-refractivity contribution in [2.75, 3.05) is 10.7 Å². The van der Waals surface area contributed by atoms with Crippen molar-refractivity contribution in [3.05, 3.63) is 51.9 Å². The summed E-state index contributed by atoms with van der Waals surface area (Å²) in [5.41, 5.74) is 2.76. The topological polar surface area (TPSA) is 80.0 Å². The van der Waals surface area contributed by atoms with Gasteiger partial charge in [0.05, 0.1) is 21.3 Å². The van der Waals surface area contributed by atoms with Crippen LogP contribution >= 0.6 is 23.2 Å². The van der Waals surface area contributed by atoms with Gasteiger partial charge in [-0.1, -0.05) is 23.2 Å². The standard InChI is InChI=1S/C12H9Cl2FN4O/c13-8-3-7(15)4-9(14)11(8)18-12(20)6-1-2-10(19-16)17-5-6/h1-5H,16H2,(H,17,19)(H,18,20). The van der Waals surface area contributed by atoms with Gasteiger partial charge in [-0.3, -0.25) is 4.79 Å². The molecule has 5 nitrogen and oxygen atoms in total. The average Bonchev–Trinajstić information content (AvgIpc) is 2.42. The van der Waals surface area contributed by atoms with Crippen molar-refractivity contribution >= 4 is 40.6 Å². The maximum atomic E-state index is 13.0. The summed E-state index contributed by atoms with van der Waals surface area (Å²) in [5.74, 6) is 4.53. The first kappa shape index (κ1) is 14.5. The zero-order chi connectivity index (χ0) is 14.7. The Morgan fingerprint density at radius 1 is 1.25 bits per heavy atom. The smallest absolute Gasteiger partial charge is 0.257 e. The molecule has 1 amide bonds. The summed E-state index contributed by atoms with van der Waals surface area (Å²) < 4.78 is 13.0. The Labute approximate surface area is 123 Å². The van der Waals surface area contributed by atoms with Gasteiger partial charge in [-0.2, -0.15) is 0 Å². The number of hydrogen-bond acceptors (Lipinski definition) is 4. The molecule has 0 atom stereocenters. The lowest BCUT2D eigenvalue weighted by Gasteiger charge is -2.09. The maximum absolute atomic E-state index is 13.0. The van der Waals surface area contributed by atoms with Gasteiger partial charge in [0.1, 0.15) is 11.6 Å². The van der Waals surface area contributed by atoms with Crippen molar-refractivity contribution < 1.29 is 9.18 Å². The minimum absolute atomic E-state index is 0.0107. The molecule has 1 aromatic carbocycles. The molecule has 20 heavy (non-hydrogen) atoms. The molecule has 1 heterocycles. The molecule has 0 aliphatic rings. The summed E-state index contributed by atoms with van der Waals surface area (Å²) in [6.07, 6.45) is 1.33. The fraction of sp³-hybridized carbons (Fsp3) is 0. The number of nitrogens with one attached hydrogen (secondary N) is 2. The second-order valence-electron chi connectivity index (χ2n) is 3.78. The van der Waals surface area contributed by atoms with E-state index in [-0.39, 0.29) is 21.3 Å². The summed E-state index contributed by atoms with van der Waals surface area (Å²) in [6.45, 7) is 0. The fourth-order valence-electron chi connectivity index (χ4n) is 1.46. The normalized spacial score (nSPS) is 10.2. The van der Waals surface area contributed by atoms with Crippen molar-refractivity contribution in [1.29, 1.82) is 0 Å². The highest BCUT2D eigenvalue weighted by Gasteiger charge is 2.13. The number of hydrazine groups is 1. The number of halogens is 3. The van der Waals surface area contributed by atoms with Gasteiger partial charge in [-0.15, -0.1) is 0 Å². The van der Waals surface area contributed by atoms with E-state index >= 15 is 0 Å². The summed E-state index contributed by atoms with van der Waals surface area (Å²) in [5, 5.41) is 2.52. The number of aromatic nitrogens is 1. The molecule has 0 bridgehead atoms. The van der Waals surface area contributed by atoms with Crippen LogP contribution in [0.5, 0.6) is 0 Å². The van der Waals surface area contributed by atoms with E-state index in [2.05, 4.69) is 15.7 Å². The zero-order valence-corrected chi connectivity index (χ0v) is 11.5. The van der Waals surface area contributed by atoms with Gasteiger partial charge in [0, 0.05) is 6.20 Å². The number of hydrogen-bond donors (Lipinski definition) is 3. The molecule has 0 saturated carbocycles. The largest absolute Gasteiger partial charge is 0.319 e. The van der Waals surface area contributed by atoms with Gasteiger partial charge in [0.15, 0.2) is 0 Å². The Morgan fingerprint density at radius 3 is 2.40 bits per heavy atom. The number of nitrogens with two attached hydrogens (primary N) is 1. The minimum atomic E-state index is -0.585. The van der Waals surface area contributed by atoms with E-state index in [0.717, 1.165) is 12.1 Å². The molecule has 0 fully saturated rings. The van der Waals surface area contributed by atoms with Crippen LogP contribution in [0.3, 0.4) is 0 Å². The Kier molecular flexibility index (Phi) is 4.39. The van der Waals surface area contributed by atoms with Crippen LogP contribution in [0, 0.1) is 5.82 Å². The van der Waals surface area contributed by atoms with Gasteiger partial charge < -0.3 is 10.7 Å². The molecule has 0 aliphatic heterocycles. The zero-order valence-electron chi connectivity index (χ0n) is 9.95. The highest BCUT2D eigenvalue weighted by Crippen LogP contribution is 2.31. The molecule has 0 saturated heterocycles. The van der Waals surface area contributed by atoms with Crippen LogP contribution in [0.1, 0.15) is 10.4 Å². The number of nitrogens with zero attached hydrogens (tertiary/aromatic N) is 1. The number of rotatable bonds is 3.